The van der Waals surface area contributed by atoms with Gasteiger partial charge in [-0.1, -0.05) is 30.3 Å². The van der Waals surface area contributed by atoms with Crippen molar-refractivity contribution in [2.24, 2.45) is 5.92 Å². The van der Waals surface area contributed by atoms with Crippen LogP contribution in [-0.2, 0) is 11.3 Å². The highest BCUT2D eigenvalue weighted by Gasteiger charge is 2.56. The summed E-state index contributed by atoms with van der Waals surface area (Å²) in [4.78, 5) is 30.1. The lowest BCUT2D eigenvalue weighted by molar-refractivity contribution is -0.132. The molecule has 1 saturated carbocycles. The molecular formula is C17H17N3O3. The first kappa shape index (κ1) is 14.0. The number of carbonyl (C=O) groups is 2. The van der Waals surface area contributed by atoms with E-state index in [1.165, 1.54) is 4.90 Å². The van der Waals surface area contributed by atoms with E-state index in [1.807, 2.05) is 30.3 Å². The third kappa shape index (κ3) is 2.30. The Balaban J connectivity index is 1.54. The molecule has 3 amide bonds. The first-order valence-electron chi connectivity index (χ1n) is 7.72. The van der Waals surface area contributed by atoms with Crippen molar-refractivity contribution in [1.29, 1.82) is 0 Å². The van der Waals surface area contributed by atoms with Crippen molar-refractivity contribution in [3.8, 4) is 11.3 Å². The van der Waals surface area contributed by atoms with Gasteiger partial charge in [-0.15, -0.1) is 0 Å². The van der Waals surface area contributed by atoms with Crippen molar-refractivity contribution in [2.75, 3.05) is 0 Å². The van der Waals surface area contributed by atoms with Crippen LogP contribution in [0.5, 0.6) is 0 Å². The first-order valence-corrected chi connectivity index (χ1v) is 7.72. The van der Waals surface area contributed by atoms with Crippen molar-refractivity contribution in [2.45, 2.75) is 31.8 Å². The van der Waals surface area contributed by atoms with Gasteiger partial charge >= 0.3 is 6.03 Å². The number of rotatable bonds is 4. The highest BCUT2D eigenvalue weighted by molar-refractivity contribution is 6.07. The molecule has 0 bridgehead atoms. The molecule has 2 aromatic rings. The first-order chi connectivity index (χ1) is 11.1. The third-order valence-electron chi connectivity index (χ3n) is 4.60. The minimum atomic E-state index is -0.772. The Hall–Kier alpha value is -2.63. The van der Waals surface area contributed by atoms with Gasteiger partial charge in [-0.25, -0.2) is 9.78 Å². The minimum absolute atomic E-state index is 0.0554. The fourth-order valence-corrected chi connectivity index (χ4v) is 3.05. The second-order valence-corrected chi connectivity index (χ2v) is 6.28. The summed E-state index contributed by atoms with van der Waals surface area (Å²) in [5.74, 6) is 1.03. The number of benzene rings is 1. The number of oxazole rings is 1. The maximum Gasteiger partial charge on any atom is 0.325 e. The maximum atomic E-state index is 12.6. The van der Waals surface area contributed by atoms with E-state index in [0.29, 0.717) is 11.7 Å². The zero-order valence-corrected chi connectivity index (χ0v) is 12.8. The lowest BCUT2D eigenvalue weighted by Crippen LogP contribution is -2.46. The number of aromatic nitrogens is 1. The van der Waals surface area contributed by atoms with Crippen LogP contribution in [0, 0.1) is 5.92 Å². The Bertz CT molecular complexity index is 766. The highest BCUT2D eigenvalue weighted by atomic mass is 16.4. The number of carbonyl (C=O) groups excluding carboxylic acids is 2. The maximum absolute atomic E-state index is 12.6. The molecule has 2 heterocycles. The Kier molecular flexibility index (Phi) is 3.01. The summed E-state index contributed by atoms with van der Waals surface area (Å²) in [6.07, 6.45) is 3.57. The zero-order chi connectivity index (χ0) is 16.0. The smallest absolute Gasteiger partial charge is 0.325 e. The van der Waals surface area contributed by atoms with Crippen LogP contribution in [0.1, 0.15) is 25.7 Å². The Morgan fingerprint density at radius 1 is 1.30 bits per heavy atom. The number of nitrogens with zero attached hydrogens (tertiary/aromatic N) is 2. The predicted octanol–water partition coefficient (Wildman–Crippen LogP) is 2.56. The predicted molar refractivity (Wildman–Crippen MR) is 82.1 cm³/mol. The van der Waals surface area contributed by atoms with Crippen LogP contribution >= 0.6 is 0 Å². The van der Waals surface area contributed by atoms with E-state index in [2.05, 4.69) is 10.3 Å². The molecular weight excluding hydrogens is 294 g/mol. The molecule has 118 valence electrons. The zero-order valence-electron chi connectivity index (χ0n) is 12.8. The summed E-state index contributed by atoms with van der Waals surface area (Å²) in [5.41, 5.74) is 0.137. The van der Waals surface area contributed by atoms with Crippen LogP contribution in [0.2, 0.25) is 0 Å². The summed E-state index contributed by atoms with van der Waals surface area (Å²) in [6.45, 7) is 1.86. The van der Waals surface area contributed by atoms with Crippen molar-refractivity contribution < 1.29 is 14.0 Å². The molecule has 1 aliphatic heterocycles. The molecule has 1 atom stereocenters. The van der Waals surface area contributed by atoms with Gasteiger partial charge in [0, 0.05) is 5.56 Å². The lowest BCUT2D eigenvalue weighted by atomic mass is 9.96. The minimum Gasteiger partial charge on any atom is -0.439 e. The van der Waals surface area contributed by atoms with Crippen LogP contribution in [0.25, 0.3) is 11.3 Å². The highest BCUT2D eigenvalue weighted by Crippen LogP contribution is 2.42. The van der Waals surface area contributed by atoms with Gasteiger partial charge in [-0.3, -0.25) is 9.69 Å². The molecule has 23 heavy (non-hydrogen) atoms. The molecule has 1 aromatic carbocycles. The number of hydrogen-bond donors (Lipinski definition) is 1. The SMILES string of the molecule is C[C@@]1(C2CC2)NC(=O)N(Cc2ncc(-c3ccccc3)o2)C1=O. The number of amides is 3. The largest absolute Gasteiger partial charge is 0.439 e. The average molecular weight is 311 g/mol. The molecule has 0 unspecified atom stereocenters. The van der Waals surface area contributed by atoms with Gasteiger partial charge < -0.3 is 9.73 Å². The summed E-state index contributed by atoms with van der Waals surface area (Å²) in [5, 5.41) is 2.82. The van der Waals surface area contributed by atoms with Crippen LogP contribution < -0.4 is 5.32 Å². The second kappa shape index (κ2) is 4.94. The lowest BCUT2D eigenvalue weighted by Gasteiger charge is -2.20. The molecule has 1 aromatic heterocycles. The number of nitrogens with one attached hydrogen (secondary N) is 1. The molecule has 4 rings (SSSR count). The van der Waals surface area contributed by atoms with Gasteiger partial charge in [0.05, 0.1) is 6.20 Å². The van der Waals surface area contributed by atoms with Crippen LogP contribution in [0.15, 0.2) is 40.9 Å². The summed E-state index contributed by atoms with van der Waals surface area (Å²) < 4.78 is 5.69. The van der Waals surface area contributed by atoms with E-state index in [-0.39, 0.29) is 24.4 Å². The summed E-state index contributed by atoms with van der Waals surface area (Å²) in [6, 6.07) is 9.22. The molecule has 1 N–H and O–H groups in total. The van der Waals surface area contributed by atoms with E-state index in [0.717, 1.165) is 18.4 Å². The number of imide groups is 1. The fourth-order valence-electron chi connectivity index (χ4n) is 3.05. The van der Waals surface area contributed by atoms with Gasteiger partial charge in [-0.2, -0.15) is 0 Å². The van der Waals surface area contributed by atoms with Gasteiger partial charge in [0.2, 0.25) is 5.89 Å². The van der Waals surface area contributed by atoms with Gasteiger partial charge in [-0.05, 0) is 25.7 Å². The number of urea groups is 1. The van der Waals surface area contributed by atoms with Crippen LogP contribution in [0.3, 0.4) is 0 Å². The molecule has 2 fully saturated rings. The molecule has 1 saturated heterocycles. The fraction of sp³-hybridized carbons (Fsp3) is 0.353. The van der Waals surface area contributed by atoms with Crippen molar-refractivity contribution in [3.63, 3.8) is 0 Å². The van der Waals surface area contributed by atoms with Crippen molar-refractivity contribution >= 4 is 11.9 Å². The third-order valence-corrected chi connectivity index (χ3v) is 4.60. The average Bonchev–Trinajstić information content (AvgIpc) is 3.28. The van der Waals surface area contributed by atoms with Crippen molar-refractivity contribution in [3.05, 3.63) is 42.4 Å². The standard InChI is InChI=1S/C17H17N3O3/c1-17(12-7-8-12)15(21)20(16(22)19-17)10-14-18-9-13(23-14)11-5-3-2-4-6-11/h2-6,9,12H,7-8,10H2,1H3,(H,19,22)/t17-/m0/s1. The Morgan fingerprint density at radius 3 is 2.74 bits per heavy atom. The Labute approximate surface area is 133 Å². The quantitative estimate of drug-likeness (QED) is 0.881. The van der Waals surface area contributed by atoms with E-state index in [4.69, 9.17) is 4.42 Å². The molecule has 2 aliphatic rings. The van der Waals surface area contributed by atoms with E-state index in [9.17, 15) is 9.59 Å². The van der Waals surface area contributed by atoms with Gasteiger partial charge in [0.25, 0.3) is 5.91 Å². The molecule has 0 spiro atoms. The topological polar surface area (TPSA) is 75.4 Å². The molecule has 6 heteroatoms. The molecule has 1 aliphatic carbocycles. The van der Waals surface area contributed by atoms with E-state index in [1.54, 1.807) is 13.1 Å². The summed E-state index contributed by atoms with van der Waals surface area (Å²) in [7, 11) is 0. The molecule has 6 nitrogen and oxygen atoms in total. The van der Waals surface area contributed by atoms with E-state index >= 15 is 0 Å². The van der Waals surface area contributed by atoms with E-state index < -0.39 is 5.54 Å². The Morgan fingerprint density at radius 2 is 2.04 bits per heavy atom. The van der Waals surface area contributed by atoms with Gasteiger partial charge in [0.1, 0.15) is 12.1 Å². The monoisotopic (exact) mass is 311 g/mol. The summed E-state index contributed by atoms with van der Waals surface area (Å²) >= 11 is 0. The van der Waals surface area contributed by atoms with Crippen molar-refractivity contribution in [1.82, 2.24) is 15.2 Å². The van der Waals surface area contributed by atoms with Crippen LogP contribution in [-0.4, -0.2) is 27.4 Å². The normalized spacial score (nSPS) is 24.1. The second-order valence-electron chi connectivity index (χ2n) is 6.28. The van der Waals surface area contributed by atoms with Crippen LogP contribution in [0.4, 0.5) is 4.79 Å². The van der Waals surface area contributed by atoms with Gasteiger partial charge in [0.15, 0.2) is 5.76 Å². The molecule has 0 radical (unpaired) electrons. The number of hydrogen-bond acceptors (Lipinski definition) is 4.